The Kier molecular flexibility index (Phi) is 19.4. The Hall–Kier alpha value is -11.0. The number of carbonyl (C=O) groups excluding carboxylic acids is 3. The number of aromatic amines is 2. The normalized spacial score (nSPS) is 13.6. The van der Waals surface area contributed by atoms with Crippen LogP contribution in [0.3, 0.4) is 0 Å². The van der Waals surface area contributed by atoms with Crippen molar-refractivity contribution in [2.45, 2.75) is 59.2 Å². The number of rotatable bonds is 16. The van der Waals surface area contributed by atoms with E-state index in [0.717, 1.165) is 16.7 Å². The van der Waals surface area contributed by atoms with E-state index in [1.165, 1.54) is 45.5 Å². The maximum Gasteiger partial charge on any atom is 0.415 e. The second kappa shape index (κ2) is 28.0. The molecule has 470 valence electrons. The van der Waals surface area contributed by atoms with Gasteiger partial charge in [-0.2, -0.15) is 10.2 Å². The van der Waals surface area contributed by atoms with Gasteiger partial charge in [0, 0.05) is 77.6 Å². The van der Waals surface area contributed by atoms with Gasteiger partial charge in [0.05, 0.1) is 33.6 Å². The number of amides is 2. The van der Waals surface area contributed by atoms with Crippen molar-refractivity contribution in [1.82, 2.24) is 49.1 Å². The van der Waals surface area contributed by atoms with Gasteiger partial charge in [-0.25, -0.2) is 48.1 Å². The SMILES string of the molecule is CC(C)c1cc(-c2n[nH]c(=O)n2-c2ccc(CN3CCN(C(=O)Oc4ccc(C(=O)O)cc4)CC3)cc2)c(O)cc1O.CC(C)c1cc(-c2n[nH]c(=O)n2-c2ccc(CN3CCN(C(=O)Oc4ccc(C(=O)OCc5ccccc5)cc4)CC3)cc2)c(O)cc1O. The number of piperazine rings is 2. The summed E-state index contributed by atoms with van der Waals surface area (Å²) in [5.74, 6) is -0.843. The number of aromatic carboxylic acids is 1. The molecular formula is C67H68N10O14. The van der Waals surface area contributed by atoms with Gasteiger partial charge in [0.15, 0.2) is 11.6 Å². The molecule has 0 unspecified atom stereocenters. The number of phenolic OH excluding ortho intramolecular Hbond substituents is 4. The number of aromatic nitrogens is 6. The number of benzene rings is 7. The van der Waals surface area contributed by atoms with E-state index in [1.807, 2.05) is 94.4 Å². The van der Waals surface area contributed by atoms with Gasteiger partial charge in [0.1, 0.15) is 41.1 Å². The molecule has 0 radical (unpaired) electrons. The van der Waals surface area contributed by atoms with Crippen LogP contribution in [0, 0.1) is 0 Å². The fourth-order valence-corrected chi connectivity index (χ4v) is 10.6. The summed E-state index contributed by atoms with van der Waals surface area (Å²) < 4.78 is 19.1. The third-order valence-corrected chi connectivity index (χ3v) is 15.6. The first-order chi connectivity index (χ1) is 43.8. The molecule has 0 aliphatic carbocycles. The summed E-state index contributed by atoms with van der Waals surface area (Å²) in [4.78, 5) is 81.9. The van der Waals surface area contributed by atoms with Crippen LogP contribution in [-0.4, -0.2) is 151 Å². The lowest BCUT2D eigenvalue weighted by atomic mass is 9.98. The number of ether oxygens (including phenoxy) is 3. The van der Waals surface area contributed by atoms with E-state index in [0.29, 0.717) is 110 Å². The number of hydrogen-bond acceptors (Lipinski definition) is 17. The van der Waals surface area contributed by atoms with Crippen LogP contribution in [0.15, 0.2) is 161 Å². The topological polar surface area (TPSA) is 311 Å². The maximum atomic E-state index is 12.8. The number of esters is 1. The summed E-state index contributed by atoms with van der Waals surface area (Å²) in [5, 5.41) is 63.8. The van der Waals surface area contributed by atoms with E-state index < -0.39 is 35.5 Å². The first-order valence-electron chi connectivity index (χ1n) is 29.5. The number of phenols is 4. The molecule has 9 aromatic rings. The molecule has 24 nitrogen and oxygen atoms in total. The van der Waals surface area contributed by atoms with Crippen molar-refractivity contribution in [2.24, 2.45) is 0 Å². The van der Waals surface area contributed by atoms with Gasteiger partial charge in [0.25, 0.3) is 0 Å². The van der Waals surface area contributed by atoms with Crippen LogP contribution in [-0.2, 0) is 24.4 Å². The van der Waals surface area contributed by atoms with Crippen molar-refractivity contribution >= 4 is 24.1 Å². The van der Waals surface area contributed by atoms with E-state index in [-0.39, 0.29) is 64.4 Å². The molecule has 2 aliphatic heterocycles. The molecule has 2 saturated heterocycles. The van der Waals surface area contributed by atoms with Gasteiger partial charge in [0.2, 0.25) is 0 Å². The zero-order chi connectivity index (χ0) is 64.5. The summed E-state index contributed by atoms with van der Waals surface area (Å²) in [7, 11) is 0. The predicted octanol–water partition coefficient (Wildman–Crippen LogP) is 9.21. The Morgan fingerprint density at radius 3 is 1.26 bits per heavy atom. The van der Waals surface area contributed by atoms with E-state index in [9.17, 15) is 49.2 Å². The summed E-state index contributed by atoms with van der Waals surface area (Å²) >= 11 is 0. The molecule has 2 aliphatic rings. The van der Waals surface area contributed by atoms with E-state index in [4.69, 9.17) is 19.3 Å². The average Bonchev–Trinajstić information content (AvgIpc) is 1.95. The van der Waals surface area contributed by atoms with Crippen LogP contribution in [0.1, 0.15) is 88.1 Å². The number of hydrogen-bond donors (Lipinski definition) is 7. The smallest absolute Gasteiger partial charge is 0.415 e. The van der Waals surface area contributed by atoms with Crippen molar-refractivity contribution < 1.29 is 58.9 Å². The van der Waals surface area contributed by atoms with Crippen molar-refractivity contribution in [3.63, 3.8) is 0 Å². The molecule has 0 saturated carbocycles. The van der Waals surface area contributed by atoms with E-state index in [1.54, 1.807) is 58.3 Å². The summed E-state index contributed by atoms with van der Waals surface area (Å²) in [6.07, 6.45) is -0.937. The molecule has 11 rings (SSSR count). The zero-order valence-electron chi connectivity index (χ0n) is 50.4. The molecule has 0 atom stereocenters. The van der Waals surface area contributed by atoms with Crippen molar-refractivity contribution in [3.05, 3.63) is 212 Å². The molecular weight excluding hydrogens is 1170 g/mol. The van der Waals surface area contributed by atoms with Crippen molar-refractivity contribution in [1.29, 1.82) is 0 Å². The molecule has 7 N–H and O–H groups in total. The van der Waals surface area contributed by atoms with Crippen LogP contribution in [0.4, 0.5) is 9.59 Å². The van der Waals surface area contributed by atoms with Gasteiger partial charge in [-0.05, 0) is 125 Å². The molecule has 7 aromatic carbocycles. The minimum atomic E-state index is -1.05. The minimum Gasteiger partial charge on any atom is -0.508 e. The molecule has 0 bridgehead atoms. The maximum absolute atomic E-state index is 12.8. The third-order valence-electron chi connectivity index (χ3n) is 15.6. The highest BCUT2D eigenvalue weighted by Gasteiger charge is 2.27. The number of aromatic hydroxyl groups is 4. The number of H-pyrrole nitrogens is 2. The Balaban J connectivity index is 0.000000202. The quantitative estimate of drug-likeness (QED) is 0.0443. The number of carbonyl (C=O) groups is 4. The average molecular weight is 1240 g/mol. The molecule has 2 fully saturated rings. The fraction of sp³-hybridized carbons (Fsp3) is 0.254. The third kappa shape index (κ3) is 15.1. The monoisotopic (exact) mass is 1240 g/mol. The van der Waals surface area contributed by atoms with Gasteiger partial charge in [-0.15, -0.1) is 0 Å². The second-order valence-corrected chi connectivity index (χ2v) is 22.6. The van der Waals surface area contributed by atoms with Gasteiger partial charge in [-0.3, -0.25) is 9.80 Å². The lowest BCUT2D eigenvalue weighted by Crippen LogP contribution is -2.49. The Morgan fingerprint density at radius 1 is 0.484 bits per heavy atom. The van der Waals surface area contributed by atoms with E-state index >= 15 is 0 Å². The number of carboxylic acid groups (broad SMARTS) is 1. The summed E-state index contributed by atoms with van der Waals surface area (Å²) in [5.41, 5.74) is 5.55. The molecule has 2 aromatic heterocycles. The molecule has 24 heteroatoms. The van der Waals surface area contributed by atoms with Crippen molar-refractivity contribution in [3.8, 4) is 68.6 Å². The summed E-state index contributed by atoms with van der Waals surface area (Å²) in [6, 6.07) is 42.1. The van der Waals surface area contributed by atoms with Gasteiger partial charge >= 0.3 is 35.5 Å². The number of nitrogens with one attached hydrogen (secondary N) is 2. The predicted molar refractivity (Wildman–Crippen MR) is 335 cm³/mol. The largest absolute Gasteiger partial charge is 0.508 e. The zero-order valence-corrected chi connectivity index (χ0v) is 50.4. The van der Waals surface area contributed by atoms with E-state index in [2.05, 4.69) is 30.2 Å². The Labute approximate surface area is 522 Å². The molecule has 91 heavy (non-hydrogen) atoms. The molecule has 2 amide bonds. The number of carboxylic acids is 1. The highest BCUT2D eigenvalue weighted by atomic mass is 16.6. The Bertz CT molecular complexity index is 4170. The van der Waals surface area contributed by atoms with Crippen molar-refractivity contribution in [2.75, 3.05) is 52.4 Å². The first-order valence-corrected chi connectivity index (χ1v) is 29.5. The standard InChI is InChI=1S/C37H37N5O7.C30H31N5O7/c1-24(2)30-20-31(33(44)21-32(30)43)34-38-39-36(46)42(34)28-12-8-25(9-13-28)22-40-16-18-41(19-17-40)37(47)49-29-14-10-27(11-15-29)35(45)48-23-26-6-4-3-5-7-26;1-18(2)23-15-24(26(37)16-25(23)36)27-31-32-29(40)35(27)21-7-3-19(4-8-21)17-33-11-13-34(14-12-33)30(41)42-22-9-5-20(6-10-22)28(38)39/h3-15,20-21,24,43-44H,16-19,22-23H2,1-2H3,(H,39,46);3-10,15-16,18,36-37H,11-14,17H2,1-2H3,(H,32,40)(H,38,39). The first kappa shape index (κ1) is 63.1. The highest BCUT2D eigenvalue weighted by molar-refractivity contribution is 5.90. The van der Waals surface area contributed by atoms with Gasteiger partial charge < -0.3 is 49.5 Å². The van der Waals surface area contributed by atoms with Crippen LogP contribution in [0.2, 0.25) is 0 Å². The minimum absolute atomic E-state index is 0.00639. The lowest BCUT2D eigenvalue weighted by molar-refractivity contribution is 0.0472. The van der Waals surface area contributed by atoms with Gasteiger partial charge in [-0.1, -0.05) is 82.3 Å². The molecule has 4 heterocycles. The Morgan fingerprint density at radius 2 is 0.879 bits per heavy atom. The highest BCUT2D eigenvalue weighted by Crippen LogP contribution is 2.39. The van der Waals surface area contributed by atoms with Crippen LogP contribution in [0.25, 0.3) is 34.2 Å². The summed E-state index contributed by atoms with van der Waals surface area (Å²) in [6.45, 7) is 13.7. The molecule has 0 spiro atoms. The van der Waals surface area contributed by atoms with Crippen LogP contribution >= 0.6 is 0 Å². The fourth-order valence-electron chi connectivity index (χ4n) is 10.6. The van der Waals surface area contributed by atoms with Crippen LogP contribution in [0.5, 0.6) is 34.5 Å². The lowest BCUT2D eigenvalue weighted by Gasteiger charge is -2.34. The number of nitrogens with zero attached hydrogens (tertiary/aromatic N) is 8. The van der Waals surface area contributed by atoms with Crippen LogP contribution < -0.4 is 20.9 Å². The second-order valence-electron chi connectivity index (χ2n) is 22.6.